The summed E-state index contributed by atoms with van der Waals surface area (Å²) in [5.74, 6) is -4.56. The van der Waals surface area contributed by atoms with Gasteiger partial charge in [-0.15, -0.1) is 0 Å². The molecule has 0 radical (unpaired) electrons. The minimum absolute atomic E-state index is 0.0390. The Morgan fingerprint density at radius 2 is 1.66 bits per heavy atom. The van der Waals surface area contributed by atoms with Crippen LogP contribution in [-0.2, 0) is 9.53 Å². The van der Waals surface area contributed by atoms with Crippen LogP contribution in [0.15, 0.2) is 35.6 Å². The van der Waals surface area contributed by atoms with Crippen LogP contribution >= 0.6 is 0 Å². The number of nitrogens with zero attached hydrogens (tertiary/aromatic N) is 6. The highest BCUT2D eigenvalue weighted by Crippen LogP contribution is 2.31. The molecule has 12 nitrogen and oxygen atoms in total. The Balaban J connectivity index is 1.32. The number of hydrazone groups is 1. The monoisotopic (exact) mass is 613 g/mol. The first kappa shape index (κ1) is 30.5. The van der Waals surface area contributed by atoms with Crippen LogP contribution in [0.25, 0.3) is 5.82 Å². The third kappa shape index (κ3) is 6.07. The molecule has 5 rings (SSSR count). The van der Waals surface area contributed by atoms with Crippen molar-refractivity contribution < 1.29 is 37.0 Å². The van der Waals surface area contributed by atoms with Crippen LogP contribution in [0.1, 0.15) is 54.0 Å². The second-order valence-corrected chi connectivity index (χ2v) is 11.5. The third-order valence-electron chi connectivity index (χ3n) is 7.01. The Labute approximate surface area is 250 Å². The quantitative estimate of drug-likeness (QED) is 0.449. The van der Waals surface area contributed by atoms with E-state index in [1.165, 1.54) is 15.6 Å². The lowest BCUT2D eigenvalue weighted by molar-refractivity contribution is -0.132. The van der Waals surface area contributed by atoms with E-state index >= 15 is 0 Å². The largest absolute Gasteiger partial charge is 0.483 e. The van der Waals surface area contributed by atoms with Gasteiger partial charge in [-0.05, 0) is 52.3 Å². The summed E-state index contributed by atoms with van der Waals surface area (Å²) < 4.78 is 55.3. The van der Waals surface area contributed by atoms with Gasteiger partial charge in [0.15, 0.2) is 17.4 Å². The first-order valence-corrected chi connectivity index (χ1v) is 13.6. The number of carbonyl (C=O) groups is 3. The van der Waals surface area contributed by atoms with E-state index in [2.05, 4.69) is 15.2 Å². The van der Waals surface area contributed by atoms with E-state index in [1.54, 1.807) is 34.6 Å². The Hall–Kier alpha value is -4.95. The van der Waals surface area contributed by atoms with Crippen molar-refractivity contribution in [3.8, 4) is 11.6 Å². The number of rotatable bonds is 6. The molecule has 3 amide bonds. The van der Waals surface area contributed by atoms with Gasteiger partial charge in [0.05, 0.1) is 48.7 Å². The molecule has 1 atom stereocenters. The molecule has 0 bridgehead atoms. The summed E-state index contributed by atoms with van der Waals surface area (Å²) in [6.45, 7) is 8.15. The van der Waals surface area contributed by atoms with Crippen molar-refractivity contribution in [3.63, 3.8) is 0 Å². The highest BCUT2D eigenvalue weighted by molar-refractivity contribution is 6.41. The number of pyridine rings is 1. The highest BCUT2D eigenvalue weighted by atomic mass is 19.1. The zero-order valence-electron chi connectivity index (χ0n) is 24.6. The number of carbonyl (C=O) groups excluding carboxylic acids is 3. The fourth-order valence-corrected chi connectivity index (χ4v) is 5.02. The van der Waals surface area contributed by atoms with E-state index in [1.807, 2.05) is 0 Å². The predicted octanol–water partition coefficient (Wildman–Crippen LogP) is 3.38. The molecule has 0 aliphatic carbocycles. The van der Waals surface area contributed by atoms with Gasteiger partial charge in [-0.3, -0.25) is 9.59 Å². The lowest BCUT2D eigenvalue weighted by Crippen LogP contribution is -2.58. The van der Waals surface area contributed by atoms with E-state index in [0.717, 1.165) is 23.3 Å². The van der Waals surface area contributed by atoms with Crippen LogP contribution in [0.2, 0.25) is 0 Å². The maximum atomic E-state index is 14.7. The Kier molecular flexibility index (Phi) is 7.82. The van der Waals surface area contributed by atoms with Crippen LogP contribution in [0.5, 0.6) is 5.75 Å². The number of hydrogen-bond donors (Lipinski definition) is 1. The molecule has 1 unspecified atom stereocenters. The minimum atomic E-state index is -0.925. The van der Waals surface area contributed by atoms with E-state index in [9.17, 15) is 27.6 Å². The van der Waals surface area contributed by atoms with Gasteiger partial charge >= 0.3 is 6.09 Å². The van der Waals surface area contributed by atoms with Gasteiger partial charge < -0.3 is 20.1 Å². The molecule has 0 spiro atoms. The normalized spacial score (nSPS) is 16.9. The summed E-state index contributed by atoms with van der Waals surface area (Å²) in [4.78, 5) is 43.4. The molecular weight excluding hydrogens is 583 g/mol. The van der Waals surface area contributed by atoms with Gasteiger partial charge in [-0.1, -0.05) is 0 Å². The van der Waals surface area contributed by atoms with E-state index < -0.39 is 53.0 Å². The molecule has 15 heteroatoms. The summed E-state index contributed by atoms with van der Waals surface area (Å²) in [5, 5.41) is 9.40. The number of ether oxygens (including phenoxy) is 2. The van der Waals surface area contributed by atoms with Crippen molar-refractivity contribution in [2.24, 2.45) is 10.8 Å². The first-order chi connectivity index (χ1) is 20.6. The van der Waals surface area contributed by atoms with E-state index in [0.29, 0.717) is 17.5 Å². The number of amides is 3. The van der Waals surface area contributed by atoms with Gasteiger partial charge in [0.25, 0.3) is 11.8 Å². The molecule has 2 aromatic heterocycles. The molecular formula is C29H30F3N7O5. The number of likely N-dealkylation sites (tertiary alicyclic amines) is 1. The van der Waals surface area contributed by atoms with Crippen molar-refractivity contribution in [1.29, 1.82) is 0 Å². The van der Waals surface area contributed by atoms with Gasteiger partial charge in [0.1, 0.15) is 29.1 Å². The number of hydrogen-bond acceptors (Lipinski definition) is 8. The second kappa shape index (κ2) is 11.3. The minimum Gasteiger partial charge on any atom is -0.483 e. The number of benzene rings is 1. The molecule has 2 N–H and O–H groups in total. The number of halogens is 3. The number of aryl methyl sites for hydroxylation is 1. The smallest absolute Gasteiger partial charge is 0.430 e. The summed E-state index contributed by atoms with van der Waals surface area (Å²) >= 11 is 0. The molecule has 1 fully saturated rings. The van der Waals surface area contributed by atoms with Crippen LogP contribution in [0.4, 0.5) is 18.0 Å². The molecule has 44 heavy (non-hydrogen) atoms. The Morgan fingerprint density at radius 1 is 1.00 bits per heavy atom. The number of nitrogens with two attached hydrogens (primary N) is 1. The maximum absolute atomic E-state index is 14.7. The molecule has 2 aliphatic rings. The SMILES string of the molecule is Cc1nn(-c2cc(OC3CN(C(=O)C4=NN(C(=O)OC(C)(C)C)CC4c4cc(F)cc(F)c4)C3)c(F)cn2)c(C)c1C(N)=O. The highest BCUT2D eigenvalue weighted by Gasteiger charge is 2.43. The lowest BCUT2D eigenvalue weighted by atomic mass is 9.93. The molecule has 232 valence electrons. The number of primary amides is 1. The summed E-state index contributed by atoms with van der Waals surface area (Å²) in [7, 11) is 0. The fraction of sp³-hybridized carbons (Fsp3) is 0.379. The van der Waals surface area contributed by atoms with Gasteiger partial charge in [0, 0.05) is 12.1 Å². The van der Waals surface area contributed by atoms with Crippen LogP contribution < -0.4 is 10.5 Å². The standard InChI is InChI=1S/C29H30F3N7O5/c1-14-24(26(33)40)15(2)39(35-14)23-9-22(21(32)10-34-23)43-19-11-37(12-19)27(41)25-20(16-6-17(30)8-18(31)7-16)13-38(36-25)28(42)44-29(3,4)5/h6-10,19-20H,11-13H2,1-5H3,(H2,33,40). The molecule has 4 heterocycles. The summed E-state index contributed by atoms with van der Waals surface area (Å²) in [5.41, 5.74) is 5.65. The Morgan fingerprint density at radius 3 is 2.25 bits per heavy atom. The van der Waals surface area contributed by atoms with Crippen molar-refractivity contribution >= 4 is 23.6 Å². The fourth-order valence-electron chi connectivity index (χ4n) is 5.02. The molecule has 2 aliphatic heterocycles. The predicted molar refractivity (Wildman–Crippen MR) is 150 cm³/mol. The van der Waals surface area contributed by atoms with Crippen LogP contribution in [0.3, 0.4) is 0 Å². The zero-order valence-corrected chi connectivity index (χ0v) is 24.6. The van der Waals surface area contributed by atoms with Crippen molar-refractivity contribution in [1.82, 2.24) is 24.7 Å². The Bertz CT molecular complexity index is 1670. The average molecular weight is 614 g/mol. The van der Waals surface area contributed by atoms with E-state index in [4.69, 9.17) is 15.2 Å². The van der Waals surface area contributed by atoms with Crippen LogP contribution in [0, 0.1) is 31.3 Å². The van der Waals surface area contributed by atoms with Gasteiger partial charge in [0.2, 0.25) is 0 Å². The average Bonchev–Trinajstić information content (AvgIpc) is 3.46. The lowest BCUT2D eigenvalue weighted by Gasteiger charge is -2.39. The second-order valence-electron chi connectivity index (χ2n) is 11.5. The van der Waals surface area contributed by atoms with Crippen molar-refractivity contribution in [3.05, 3.63) is 70.4 Å². The first-order valence-electron chi connectivity index (χ1n) is 13.6. The zero-order chi connectivity index (χ0) is 32.1. The summed E-state index contributed by atoms with van der Waals surface area (Å²) in [6, 6.07) is 4.18. The third-order valence-corrected chi connectivity index (χ3v) is 7.01. The number of aromatic nitrogens is 3. The summed E-state index contributed by atoms with van der Waals surface area (Å²) in [6.07, 6.45) is -0.477. The molecule has 1 saturated heterocycles. The van der Waals surface area contributed by atoms with Crippen LogP contribution in [-0.4, -0.2) is 79.6 Å². The molecule has 1 aromatic carbocycles. The maximum Gasteiger partial charge on any atom is 0.430 e. The van der Waals surface area contributed by atoms with Gasteiger partial charge in [-0.2, -0.15) is 15.2 Å². The molecule has 3 aromatic rings. The van der Waals surface area contributed by atoms with Gasteiger partial charge in [-0.25, -0.2) is 27.6 Å². The molecule has 0 saturated carbocycles. The van der Waals surface area contributed by atoms with E-state index in [-0.39, 0.29) is 48.0 Å². The topological polar surface area (TPSA) is 145 Å². The van der Waals surface area contributed by atoms with Crippen molar-refractivity contribution in [2.45, 2.75) is 52.2 Å². The van der Waals surface area contributed by atoms with Crippen molar-refractivity contribution in [2.75, 3.05) is 19.6 Å².